The third kappa shape index (κ3) is 4.51. The van der Waals surface area contributed by atoms with Crippen molar-refractivity contribution in [2.45, 2.75) is 26.9 Å². The van der Waals surface area contributed by atoms with Crippen molar-refractivity contribution in [2.24, 2.45) is 0 Å². The van der Waals surface area contributed by atoms with Crippen molar-refractivity contribution in [2.75, 3.05) is 24.5 Å². The topological polar surface area (TPSA) is 52.6 Å². The highest BCUT2D eigenvalue weighted by Gasteiger charge is 2.12. The van der Waals surface area contributed by atoms with Crippen LogP contribution < -0.4 is 10.2 Å². The number of hydrogen-bond donors (Lipinski definition) is 2. The van der Waals surface area contributed by atoms with Crippen molar-refractivity contribution in [3.05, 3.63) is 28.2 Å². The van der Waals surface area contributed by atoms with Gasteiger partial charge in [0.15, 0.2) is 0 Å². The highest BCUT2D eigenvalue weighted by molar-refractivity contribution is 9.10. The van der Waals surface area contributed by atoms with Crippen LogP contribution in [0.4, 0.5) is 5.69 Å². The van der Waals surface area contributed by atoms with Gasteiger partial charge < -0.3 is 15.3 Å². The van der Waals surface area contributed by atoms with E-state index in [0.717, 1.165) is 22.3 Å². The van der Waals surface area contributed by atoms with E-state index >= 15 is 0 Å². The molecular weight excluding hydrogens is 308 g/mol. The first kappa shape index (κ1) is 16.0. The summed E-state index contributed by atoms with van der Waals surface area (Å²) >= 11 is 3.45. The van der Waals surface area contributed by atoms with Crippen LogP contribution in [0, 0.1) is 0 Å². The lowest BCUT2D eigenvalue weighted by Gasteiger charge is -2.23. The van der Waals surface area contributed by atoms with Crippen molar-refractivity contribution in [3.8, 4) is 0 Å². The lowest BCUT2D eigenvalue weighted by molar-refractivity contribution is -0.119. The second-order valence-electron chi connectivity index (χ2n) is 4.35. The minimum atomic E-state index is -0.512. The molecule has 1 atom stereocenters. The SMILES string of the molecule is CCNC(=O)CN(CC)c1ccc(C(C)O)c(Br)c1. The number of hydrogen-bond acceptors (Lipinski definition) is 3. The van der Waals surface area contributed by atoms with Crippen LogP contribution in [0.15, 0.2) is 22.7 Å². The Bertz CT molecular complexity index is 435. The summed E-state index contributed by atoms with van der Waals surface area (Å²) in [6.07, 6.45) is -0.512. The fourth-order valence-electron chi connectivity index (χ4n) is 1.86. The predicted octanol–water partition coefficient (Wildman–Crippen LogP) is 2.46. The molecule has 1 aromatic rings. The molecule has 5 heteroatoms. The Labute approximate surface area is 122 Å². The van der Waals surface area contributed by atoms with E-state index in [0.29, 0.717) is 13.1 Å². The van der Waals surface area contributed by atoms with Gasteiger partial charge in [0, 0.05) is 23.2 Å². The first-order valence-electron chi connectivity index (χ1n) is 6.48. The van der Waals surface area contributed by atoms with Crippen LogP contribution in [0.5, 0.6) is 0 Å². The monoisotopic (exact) mass is 328 g/mol. The molecule has 1 unspecified atom stereocenters. The lowest BCUT2D eigenvalue weighted by Crippen LogP contribution is -2.37. The molecule has 0 radical (unpaired) electrons. The minimum absolute atomic E-state index is 0.0140. The van der Waals surface area contributed by atoms with Gasteiger partial charge in [-0.1, -0.05) is 22.0 Å². The summed E-state index contributed by atoms with van der Waals surface area (Å²) in [6.45, 7) is 7.37. The van der Waals surface area contributed by atoms with Crippen molar-refractivity contribution in [1.29, 1.82) is 0 Å². The number of nitrogens with zero attached hydrogens (tertiary/aromatic N) is 1. The maximum atomic E-state index is 11.6. The standard InChI is InChI=1S/C14H21BrN2O2/c1-4-16-14(19)9-17(5-2)11-6-7-12(10(3)18)13(15)8-11/h6-8,10,18H,4-5,9H2,1-3H3,(H,16,19). The number of carbonyl (C=O) groups is 1. The molecule has 106 valence electrons. The minimum Gasteiger partial charge on any atom is -0.389 e. The van der Waals surface area contributed by atoms with Crippen LogP contribution in [0.25, 0.3) is 0 Å². The molecule has 0 bridgehead atoms. The Balaban J connectivity index is 2.87. The number of carbonyl (C=O) groups excluding carboxylic acids is 1. The Morgan fingerprint density at radius 1 is 1.47 bits per heavy atom. The van der Waals surface area contributed by atoms with Crippen LogP contribution >= 0.6 is 15.9 Å². The lowest BCUT2D eigenvalue weighted by atomic mass is 10.1. The Hall–Kier alpha value is -1.07. The van der Waals surface area contributed by atoms with Gasteiger partial charge in [-0.3, -0.25) is 4.79 Å². The highest BCUT2D eigenvalue weighted by atomic mass is 79.9. The van der Waals surface area contributed by atoms with Crippen LogP contribution in [-0.2, 0) is 4.79 Å². The van der Waals surface area contributed by atoms with Crippen molar-refractivity contribution >= 4 is 27.5 Å². The smallest absolute Gasteiger partial charge is 0.239 e. The molecule has 1 amide bonds. The van der Waals surface area contributed by atoms with Crippen molar-refractivity contribution in [3.63, 3.8) is 0 Å². The molecule has 0 aliphatic heterocycles. The van der Waals surface area contributed by atoms with Crippen LogP contribution in [0.3, 0.4) is 0 Å². The molecule has 1 aromatic carbocycles. The molecule has 0 saturated carbocycles. The van der Waals surface area contributed by atoms with E-state index in [2.05, 4.69) is 21.2 Å². The molecule has 0 aliphatic carbocycles. The number of amides is 1. The number of anilines is 1. The molecule has 0 fully saturated rings. The molecule has 4 nitrogen and oxygen atoms in total. The van der Waals surface area contributed by atoms with Gasteiger partial charge in [-0.2, -0.15) is 0 Å². The third-order valence-electron chi connectivity index (χ3n) is 2.89. The van der Waals surface area contributed by atoms with E-state index < -0.39 is 6.10 Å². The van der Waals surface area contributed by atoms with E-state index in [1.807, 2.05) is 36.9 Å². The molecule has 2 N–H and O–H groups in total. The normalized spacial score (nSPS) is 12.1. The summed E-state index contributed by atoms with van der Waals surface area (Å²) in [4.78, 5) is 13.6. The number of benzene rings is 1. The van der Waals surface area contributed by atoms with Gasteiger partial charge >= 0.3 is 0 Å². The first-order chi connectivity index (χ1) is 8.99. The zero-order valence-electron chi connectivity index (χ0n) is 11.6. The Morgan fingerprint density at radius 2 is 2.16 bits per heavy atom. The van der Waals surface area contributed by atoms with Gasteiger partial charge in [-0.05, 0) is 38.5 Å². The summed E-state index contributed by atoms with van der Waals surface area (Å²) in [6, 6.07) is 5.74. The molecule has 0 heterocycles. The molecule has 1 rings (SSSR count). The summed E-state index contributed by atoms with van der Waals surface area (Å²) in [7, 11) is 0. The average Bonchev–Trinajstić information content (AvgIpc) is 2.35. The summed E-state index contributed by atoms with van der Waals surface area (Å²) in [5.41, 5.74) is 1.81. The van der Waals surface area contributed by atoms with Gasteiger partial charge in [0.05, 0.1) is 12.6 Å². The summed E-state index contributed by atoms with van der Waals surface area (Å²) in [5, 5.41) is 12.4. The molecule has 0 spiro atoms. The second-order valence-corrected chi connectivity index (χ2v) is 5.20. The van der Waals surface area contributed by atoms with Gasteiger partial charge in [-0.15, -0.1) is 0 Å². The molecule has 0 aliphatic rings. The van der Waals surface area contributed by atoms with Gasteiger partial charge in [0.25, 0.3) is 0 Å². The molecule has 0 aromatic heterocycles. The predicted molar refractivity (Wildman–Crippen MR) is 81.3 cm³/mol. The Kier molecular flexibility index (Phi) is 6.31. The van der Waals surface area contributed by atoms with Crippen molar-refractivity contribution in [1.82, 2.24) is 5.32 Å². The first-order valence-corrected chi connectivity index (χ1v) is 7.28. The highest BCUT2D eigenvalue weighted by Crippen LogP contribution is 2.28. The number of nitrogens with one attached hydrogen (secondary N) is 1. The van der Waals surface area contributed by atoms with Gasteiger partial charge in [-0.25, -0.2) is 0 Å². The maximum absolute atomic E-state index is 11.6. The van der Waals surface area contributed by atoms with E-state index in [1.165, 1.54) is 0 Å². The molecule has 0 saturated heterocycles. The van der Waals surface area contributed by atoms with Crippen molar-refractivity contribution < 1.29 is 9.90 Å². The van der Waals surface area contributed by atoms with E-state index in [-0.39, 0.29) is 5.91 Å². The fourth-order valence-corrected chi connectivity index (χ4v) is 2.56. The quantitative estimate of drug-likeness (QED) is 0.843. The molecular formula is C14H21BrN2O2. The van der Waals surface area contributed by atoms with Gasteiger partial charge in [0.1, 0.15) is 0 Å². The molecule has 19 heavy (non-hydrogen) atoms. The number of rotatable bonds is 6. The largest absolute Gasteiger partial charge is 0.389 e. The average molecular weight is 329 g/mol. The van der Waals surface area contributed by atoms with Gasteiger partial charge in [0.2, 0.25) is 5.91 Å². The Morgan fingerprint density at radius 3 is 2.63 bits per heavy atom. The number of aliphatic hydroxyl groups excluding tert-OH is 1. The zero-order valence-corrected chi connectivity index (χ0v) is 13.2. The van der Waals surface area contributed by atoms with Crippen LogP contribution in [0.1, 0.15) is 32.4 Å². The third-order valence-corrected chi connectivity index (χ3v) is 3.58. The number of aliphatic hydroxyl groups is 1. The number of halogens is 1. The van der Waals surface area contributed by atoms with E-state index in [9.17, 15) is 9.90 Å². The second kappa shape index (κ2) is 7.50. The van der Waals surface area contributed by atoms with E-state index in [1.54, 1.807) is 6.92 Å². The summed E-state index contributed by atoms with van der Waals surface area (Å²) in [5.74, 6) is 0.0140. The van der Waals surface area contributed by atoms with Crippen LogP contribution in [0.2, 0.25) is 0 Å². The number of likely N-dealkylation sites (N-methyl/N-ethyl adjacent to an activating group) is 2. The summed E-state index contributed by atoms with van der Waals surface area (Å²) < 4.78 is 0.856. The van der Waals surface area contributed by atoms with Crippen LogP contribution in [-0.4, -0.2) is 30.6 Å². The fraction of sp³-hybridized carbons (Fsp3) is 0.500. The maximum Gasteiger partial charge on any atom is 0.239 e. The van der Waals surface area contributed by atoms with E-state index in [4.69, 9.17) is 0 Å². The zero-order chi connectivity index (χ0) is 14.4.